The van der Waals surface area contributed by atoms with Gasteiger partial charge in [-0.05, 0) is 116 Å². The molecule has 0 aliphatic heterocycles. The van der Waals surface area contributed by atoms with Crippen LogP contribution in [0.15, 0.2) is 273 Å². The number of benzene rings is 9. The maximum Gasteiger partial charge on any atom is 0.0433 e. The van der Waals surface area contributed by atoms with Gasteiger partial charge in [0, 0.05) is 61.8 Å². The van der Waals surface area contributed by atoms with E-state index in [4.69, 9.17) is 0 Å². The number of hydrogen-bond donors (Lipinski definition) is 0. The Morgan fingerprint density at radius 3 is 1.03 bits per heavy atom. The molecule has 11 rings (SSSR count). The first-order chi connectivity index (χ1) is 34.6. The Balaban J connectivity index is 1.01. The van der Waals surface area contributed by atoms with Crippen molar-refractivity contribution in [2.75, 3.05) is 9.80 Å². The predicted molar refractivity (Wildman–Crippen MR) is 292 cm³/mol. The molecule has 3 nitrogen and oxygen atoms in total. The Morgan fingerprint density at radius 2 is 0.671 bits per heavy atom. The molecule has 0 spiro atoms. The van der Waals surface area contributed by atoms with Crippen LogP contribution < -0.4 is 9.80 Å². The van der Waals surface area contributed by atoms with E-state index >= 15 is 0 Å². The molecule has 2 unspecified atom stereocenters. The Morgan fingerprint density at radius 1 is 0.329 bits per heavy atom. The van der Waals surface area contributed by atoms with Crippen molar-refractivity contribution in [3.8, 4) is 22.3 Å². The van der Waals surface area contributed by atoms with Crippen LogP contribution in [0.1, 0.15) is 45.4 Å². The quantitative estimate of drug-likeness (QED) is 0.0849. The van der Waals surface area contributed by atoms with Gasteiger partial charge in [-0.15, -0.1) is 0 Å². The van der Waals surface area contributed by atoms with Crippen molar-refractivity contribution in [2.24, 2.45) is 5.92 Å². The van der Waals surface area contributed by atoms with Crippen LogP contribution in [-0.4, -0.2) is 4.90 Å². The molecule has 2 aliphatic carbocycles. The van der Waals surface area contributed by atoms with Crippen molar-refractivity contribution in [2.45, 2.75) is 51.1 Å². The maximum absolute atomic E-state index is 2.61. The molecule has 3 heteroatoms. The number of hydrogen-bond acceptors (Lipinski definition) is 3. The summed E-state index contributed by atoms with van der Waals surface area (Å²) in [4.78, 5) is 7.60. The molecule has 0 heterocycles. The largest absolute Gasteiger partial charge is 0.363 e. The van der Waals surface area contributed by atoms with Crippen molar-refractivity contribution in [1.82, 2.24) is 4.90 Å². The fraction of sp³-hybridized carbons (Fsp3) is 0.134. The van der Waals surface area contributed by atoms with Crippen LogP contribution in [0, 0.1) is 5.92 Å². The zero-order valence-electron chi connectivity index (χ0n) is 39.8. The molecule has 2 aliphatic rings. The predicted octanol–water partition coefficient (Wildman–Crippen LogP) is 15.8. The summed E-state index contributed by atoms with van der Waals surface area (Å²) in [5.41, 5.74) is 17.7. The first-order valence-electron chi connectivity index (χ1n) is 24.9. The lowest BCUT2D eigenvalue weighted by molar-refractivity contribution is 0.335. The molecular formula is C67H59N3. The summed E-state index contributed by atoms with van der Waals surface area (Å²) in [7, 11) is 0. The molecule has 9 aromatic rings. The second-order valence-corrected chi connectivity index (χ2v) is 19.2. The van der Waals surface area contributed by atoms with Gasteiger partial charge in [-0.2, -0.15) is 0 Å². The monoisotopic (exact) mass is 905 g/mol. The summed E-state index contributed by atoms with van der Waals surface area (Å²) in [6, 6.07) is 91.2. The van der Waals surface area contributed by atoms with E-state index in [0.717, 1.165) is 45.7 Å². The van der Waals surface area contributed by atoms with Gasteiger partial charge in [0.05, 0.1) is 0 Å². The second-order valence-electron chi connectivity index (χ2n) is 19.2. The van der Waals surface area contributed by atoms with E-state index in [1.807, 2.05) is 0 Å². The van der Waals surface area contributed by atoms with Gasteiger partial charge in [-0.1, -0.05) is 224 Å². The molecule has 0 amide bonds. The molecule has 342 valence electrons. The lowest BCUT2D eigenvalue weighted by atomic mass is 9.85. The molecule has 0 N–H and O–H groups in total. The molecule has 0 aromatic heterocycles. The summed E-state index contributed by atoms with van der Waals surface area (Å²) in [5.74, 6) is 0.437. The smallest absolute Gasteiger partial charge is 0.0433 e. The minimum absolute atomic E-state index is 0.116. The summed E-state index contributed by atoms with van der Waals surface area (Å²) in [5, 5.41) is 0. The highest BCUT2D eigenvalue weighted by atomic mass is 15.1. The van der Waals surface area contributed by atoms with Gasteiger partial charge in [0.1, 0.15) is 0 Å². The molecule has 70 heavy (non-hydrogen) atoms. The SMILES string of the molecule is C1=CC2CC2(c2cc(-c3cccc(N(Cc4ccccc4)Cc4ccccc4)c3)cc(-c3cccc(N(Cc4ccccc4)Cc4ccccc4)c3)c2)C=C1N(Cc1ccccc1)Cc1ccccc1. The van der Waals surface area contributed by atoms with E-state index in [0.29, 0.717) is 5.92 Å². The molecule has 2 atom stereocenters. The van der Waals surface area contributed by atoms with Crippen molar-refractivity contribution >= 4 is 11.4 Å². The summed E-state index contributed by atoms with van der Waals surface area (Å²) in [6.07, 6.45) is 8.58. The highest BCUT2D eigenvalue weighted by Crippen LogP contribution is 2.60. The molecule has 0 saturated heterocycles. The molecule has 0 radical (unpaired) electrons. The number of anilines is 2. The summed E-state index contributed by atoms with van der Waals surface area (Å²) >= 11 is 0. The molecule has 1 saturated carbocycles. The van der Waals surface area contributed by atoms with Crippen LogP contribution in [0.25, 0.3) is 22.3 Å². The van der Waals surface area contributed by atoms with Crippen LogP contribution >= 0.6 is 0 Å². The van der Waals surface area contributed by atoms with Gasteiger partial charge in [0.25, 0.3) is 0 Å². The van der Waals surface area contributed by atoms with Crippen LogP contribution in [-0.2, 0) is 44.7 Å². The van der Waals surface area contributed by atoms with E-state index in [9.17, 15) is 0 Å². The zero-order chi connectivity index (χ0) is 47.0. The van der Waals surface area contributed by atoms with Crippen LogP contribution in [0.5, 0.6) is 0 Å². The van der Waals surface area contributed by atoms with Crippen molar-refractivity contribution < 1.29 is 0 Å². The normalized spacial score (nSPS) is 15.7. The highest BCUT2D eigenvalue weighted by molar-refractivity contribution is 5.79. The third-order valence-electron chi connectivity index (χ3n) is 14.2. The number of allylic oxidation sites excluding steroid dienone is 3. The van der Waals surface area contributed by atoms with E-state index in [2.05, 4.69) is 282 Å². The van der Waals surface area contributed by atoms with Gasteiger partial charge in [-0.25, -0.2) is 0 Å². The molecular weight excluding hydrogens is 847 g/mol. The van der Waals surface area contributed by atoms with Crippen molar-refractivity contribution in [3.05, 3.63) is 312 Å². The summed E-state index contributed by atoms with van der Waals surface area (Å²) in [6.45, 7) is 4.92. The number of rotatable bonds is 18. The maximum atomic E-state index is 2.61. The van der Waals surface area contributed by atoms with Crippen LogP contribution in [0.4, 0.5) is 11.4 Å². The third kappa shape index (κ3) is 10.5. The average molecular weight is 906 g/mol. The average Bonchev–Trinajstić information content (AvgIpc) is 4.18. The first-order valence-corrected chi connectivity index (χ1v) is 24.9. The minimum Gasteiger partial charge on any atom is -0.363 e. The fourth-order valence-corrected chi connectivity index (χ4v) is 10.4. The number of fused-ring (bicyclic) bond motifs is 1. The fourth-order valence-electron chi connectivity index (χ4n) is 10.4. The van der Waals surface area contributed by atoms with Crippen LogP contribution in [0.2, 0.25) is 0 Å². The van der Waals surface area contributed by atoms with Crippen molar-refractivity contribution in [1.29, 1.82) is 0 Å². The lowest BCUT2D eigenvalue weighted by Gasteiger charge is -2.30. The van der Waals surface area contributed by atoms with Gasteiger partial charge in [-0.3, -0.25) is 0 Å². The van der Waals surface area contributed by atoms with Gasteiger partial charge in [0.2, 0.25) is 0 Å². The van der Waals surface area contributed by atoms with E-state index < -0.39 is 0 Å². The standard InChI is InChI=1S/C67H59N3/c1-7-21-52(22-8-1)46-68(47-53-23-9-2-10-24-53)64-35-19-33-58(42-64)60-39-61(59-34-20-36-65(43-59)69(48-54-25-11-3-12-26-54)49-55-27-13-4-14-28-55)41-63(40-60)67-44-62(67)37-38-66(45-67)70(50-56-29-15-5-16-30-56)51-57-31-17-6-18-32-57/h1-43,45,62H,44,46-51H2. The lowest BCUT2D eigenvalue weighted by Crippen LogP contribution is -2.24. The van der Waals surface area contributed by atoms with E-state index in [1.54, 1.807) is 0 Å². The second kappa shape index (κ2) is 20.6. The Labute approximate surface area is 415 Å². The zero-order valence-corrected chi connectivity index (χ0v) is 39.8. The van der Waals surface area contributed by atoms with Gasteiger partial charge < -0.3 is 14.7 Å². The topological polar surface area (TPSA) is 9.72 Å². The first kappa shape index (κ1) is 44.4. The van der Waals surface area contributed by atoms with Gasteiger partial charge in [0.15, 0.2) is 0 Å². The summed E-state index contributed by atoms with van der Waals surface area (Å²) < 4.78 is 0. The van der Waals surface area contributed by atoms with Crippen LogP contribution in [0.3, 0.4) is 0 Å². The van der Waals surface area contributed by atoms with Crippen molar-refractivity contribution in [3.63, 3.8) is 0 Å². The Kier molecular flexibility index (Phi) is 13.1. The highest BCUT2D eigenvalue weighted by Gasteiger charge is 2.54. The molecule has 9 aromatic carbocycles. The number of nitrogens with zero attached hydrogens (tertiary/aromatic N) is 3. The Bertz CT molecular complexity index is 2910. The van der Waals surface area contributed by atoms with E-state index in [-0.39, 0.29) is 5.41 Å². The van der Waals surface area contributed by atoms with E-state index in [1.165, 1.54) is 78.3 Å². The molecule has 0 bridgehead atoms. The molecule has 1 fully saturated rings. The third-order valence-corrected chi connectivity index (χ3v) is 14.2. The minimum atomic E-state index is -0.116. The Hall–Kier alpha value is -8.14. The van der Waals surface area contributed by atoms with Gasteiger partial charge >= 0.3 is 0 Å².